The van der Waals surface area contributed by atoms with Crippen molar-refractivity contribution < 1.29 is 22.7 Å². The number of likely N-dealkylation sites (N-methyl/N-ethyl adjacent to an activating group) is 1. The number of nitrogens with zero attached hydrogens (tertiary/aromatic N) is 1. The fraction of sp³-hybridized carbons (Fsp3) is 0.900. The lowest BCUT2D eigenvalue weighted by atomic mass is 10.5. The molecule has 0 aromatic carbocycles. The SMILES string of the molecule is CCOC(=O)CN(C)S(=O)(=O)CCOC(C)C. The normalized spacial score (nSPS) is 12.1. The summed E-state index contributed by atoms with van der Waals surface area (Å²) < 4.78 is 34.2. The van der Waals surface area contributed by atoms with E-state index in [1.54, 1.807) is 6.92 Å². The summed E-state index contributed by atoms with van der Waals surface area (Å²) in [5, 5.41) is 0. The van der Waals surface area contributed by atoms with Crippen LogP contribution in [0, 0.1) is 0 Å². The van der Waals surface area contributed by atoms with Gasteiger partial charge in [-0.2, -0.15) is 4.31 Å². The first kappa shape index (κ1) is 16.3. The second-order valence-electron chi connectivity index (χ2n) is 3.80. The van der Waals surface area contributed by atoms with Crippen molar-refractivity contribution in [2.24, 2.45) is 0 Å². The molecule has 0 aliphatic rings. The van der Waals surface area contributed by atoms with Gasteiger partial charge in [-0.15, -0.1) is 0 Å². The minimum atomic E-state index is -3.46. The highest BCUT2D eigenvalue weighted by Crippen LogP contribution is 2.00. The standard InChI is InChI=1S/C10H21NO5S/c1-5-15-10(12)8-11(4)17(13,14)7-6-16-9(2)3/h9H,5-8H2,1-4H3. The van der Waals surface area contributed by atoms with E-state index < -0.39 is 16.0 Å². The molecule has 0 spiro atoms. The van der Waals surface area contributed by atoms with Gasteiger partial charge in [-0.05, 0) is 20.8 Å². The first-order valence-corrected chi connectivity index (χ1v) is 7.11. The van der Waals surface area contributed by atoms with Gasteiger partial charge in [0.2, 0.25) is 10.0 Å². The number of hydrogen-bond acceptors (Lipinski definition) is 5. The third-order valence-electron chi connectivity index (χ3n) is 1.92. The maximum atomic E-state index is 11.7. The van der Waals surface area contributed by atoms with E-state index in [0.717, 1.165) is 4.31 Å². The zero-order chi connectivity index (χ0) is 13.5. The molecule has 0 aromatic heterocycles. The number of rotatable bonds is 8. The Morgan fingerprint density at radius 3 is 2.41 bits per heavy atom. The summed E-state index contributed by atoms with van der Waals surface area (Å²) in [5.41, 5.74) is 0. The average Bonchev–Trinajstić information content (AvgIpc) is 2.16. The van der Waals surface area contributed by atoms with Crippen LogP contribution in [0.1, 0.15) is 20.8 Å². The van der Waals surface area contributed by atoms with Gasteiger partial charge in [0, 0.05) is 7.05 Å². The number of hydrogen-bond donors (Lipinski definition) is 0. The monoisotopic (exact) mass is 267 g/mol. The van der Waals surface area contributed by atoms with Crippen LogP contribution in [-0.4, -0.2) is 57.4 Å². The van der Waals surface area contributed by atoms with Gasteiger partial charge >= 0.3 is 5.97 Å². The van der Waals surface area contributed by atoms with Crippen molar-refractivity contribution >= 4 is 16.0 Å². The topological polar surface area (TPSA) is 72.9 Å². The summed E-state index contributed by atoms with van der Waals surface area (Å²) in [6.07, 6.45) is -0.0134. The summed E-state index contributed by atoms with van der Waals surface area (Å²) in [6, 6.07) is 0. The fourth-order valence-electron chi connectivity index (χ4n) is 1.03. The van der Waals surface area contributed by atoms with E-state index in [1.807, 2.05) is 13.8 Å². The highest BCUT2D eigenvalue weighted by Gasteiger charge is 2.20. The molecular formula is C10H21NO5S. The lowest BCUT2D eigenvalue weighted by Crippen LogP contribution is -2.36. The Balaban J connectivity index is 4.16. The zero-order valence-electron chi connectivity index (χ0n) is 10.8. The lowest BCUT2D eigenvalue weighted by Gasteiger charge is -2.16. The molecule has 0 atom stereocenters. The average molecular weight is 267 g/mol. The second-order valence-corrected chi connectivity index (χ2v) is 5.99. The molecular weight excluding hydrogens is 246 g/mol. The maximum absolute atomic E-state index is 11.7. The molecule has 0 aliphatic heterocycles. The first-order valence-electron chi connectivity index (χ1n) is 5.50. The molecule has 0 aromatic rings. The van der Waals surface area contributed by atoms with Crippen molar-refractivity contribution in [3.63, 3.8) is 0 Å². The Morgan fingerprint density at radius 2 is 1.94 bits per heavy atom. The third-order valence-corrected chi connectivity index (χ3v) is 3.69. The molecule has 7 heteroatoms. The van der Waals surface area contributed by atoms with Crippen molar-refractivity contribution in [3.8, 4) is 0 Å². The summed E-state index contributed by atoms with van der Waals surface area (Å²) in [4.78, 5) is 11.1. The largest absolute Gasteiger partial charge is 0.465 e. The van der Waals surface area contributed by atoms with Gasteiger partial charge in [0.1, 0.15) is 6.54 Å². The Bertz CT molecular complexity index is 326. The molecule has 0 fully saturated rings. The fourth-order valence-corrected chi connectivity index (χ4v) is 1.95. The maximum Gasteiger partial charge on any atom is 0.321 e. The van der Waals surface area contributed by atoms with Gasteiger partial charge < -0.3 is 9.47 Å². The molecule has 0 bridgehead atoms. The molecule has 6 nitrogen and oxygen atoms in total. The van der Waals surface area contributed by atoms with Gasteiger partial charge in [0.05, 0.1) is 25.1 Å². The number of sulfonamides is 1. The van der Waals surface area contributed by atoms with E-state index in [4.69, 9.17) is 4.74 Å². The Kier molecular flexibility index (Phi) is 7.33. The smallest absolute Gasteiger partial charge is 0.321 e. The van der Waals surface area contributed by atoms with Crippen molar-refractivity contribution in [2.75, 3.05) is 32.6 Å². The molecule has 0 saturated heterocycles. The van der Waals surface area contributed by atoms with Crippen LogP contribution in [0.4, 0.5) is 0 Å². The molecule has 0 amide bonds. The minimum Gasteiger partial charge on any atom is -0.465 e. The second kappa shape index (κ2) is 7.62. The minimum absolute atomic E-state index is 0.0134. The van der Waals surface area contributed by atoms with E-state index in [9.17, 15) is 13.2 Å². The number of ether oxygens (including phenoxy) is 2. The van der Waals surface area contributed by atoms with E-state index in [1.165, 1.54) is 7.05 Å². The quantitative estimate of drug-likeness (QED) is 0.589. The highest BCUT2D eigenvalue weighted by molar-refractivity contribution is 7.89. The van der Waals surface area contributed by atoms with Gasteiger partial charge in [0.25, 0.3) is 0 Å². The molecule has 17 heavy (non-hydrogen) atoms. The molecule has 0 radical (unpaired) electrons. The summed E-state index contributed by atoms with van der Waals surface area (Å²) in [7, 11) is -2.11. The Morgan fingerprint density at radius 1 is 1.35 bits per heavy atom. The van der Waals surface area contributed by atoms with Crippen LogP contribution in [0.3, 0.4) is 0 Å². The number of carbonyl (C=O) groups is 1. The molecule has 0 rings (SSSR count). The molecule has 0 N–H and O–H groups in total. The summed E-state index contributed by atoms with van der Waals surface area (Å²) >= 11 is 0. The van der Waals surface area contributed by atoms with Crippen LogP contribution < -0.4 is 0 Å². The van der Waals surface area contributed by atoms with E-state index in [0.29, 0.717) is 0 Å². The van der Waals surface area contributed by atoms with Crippen LogP contribution in [0.5, 0.6) is 0 Å². The Labute approximate surface area is 103 Å². The summed E-state index contributed by atoms with van der Waals surface area (Å²) in [6.45, 7) is 5.42. The van der Waals surface area contributed by atoms with Crippen LogP contribution in [-0.2, 0) is 24.3 Å². The van der Waals surface area contributed by atoms with E-state index in [2.05, 4.69) is 4.74 Å². The lowest BCUT2D eigenvalue weighted by molar-refractivity contribution is -0.143. The van der Waals surface area contributed by atoms with Gasteiger partial charge in [-0.25, -0.2) is 8.42 Å². The first-order chi connectivity index (χ1) is 7.79. The van der Waals surface area contributed by atoms with Crippen molar-refractivity contribution in [2.45, 2.75) is 26.9 Å². The molecule has 0 saturated carbocycles. The highest BCUT2D eigenvalue weighted by atomic mass is 32.2. The van der Waals surface area contributed by atoms with Crippen LogP contribution >= 0.6 is 0 Å². The van der Waals surface area contributed by atoms with Gasteiger partial charge in [0.15, 0.2) is 0 Å². The number of esters is 1. The molecule has 0 aliphatic carbocycles. The number of carbonyl (C=O) groups excluding carboxylic acids is 1. The predicted octanol–water partition coefficient (Wildman–Crippen LogP) is 0.236. The van der Waals surface area contributed by atoms with Crippen LogP contribution in [0.2, 0.25) is 0 Å². The van der Waals surface area contributed by atoms with Crippen LogP contribution in [0.25, 0.3) is 0 Å². The van der Waals surface area contributed by atoms with Gasteiger partial charge in [-0.3, -0.25) is 4.79 Å². The van der Waals surface area contributed by atoms with Gasteiger partial charge in [-0.1, -0.05) is 0 Å². The van der Waals surface area contributed by atoms with Crippen molar-refractivity contribution in [1.29, 1.82) is 0 Å². The zero-order valence-corrected chi connectivity index (χ0v) is 11.6. The van der Waals surface area contributed by atoms with E-state index in [-0.39, 0.29) is 31.6 Å². The molecule has 0 heterocycles. The predicted molar refractivity (Wildman–Crippen MR) is 64.1 cm³/mol. The summed E-state index contributed by atoms with van der Waals surface area (Å²) in [5.74, 6) is -0.690. The van der Waals surface area contributed by atoms with Crippen LogP contribution in [0.15, 0.2) is 0 Å². The third kappa shape index (κ3) is 7.30. The molecule has 102 valence electrons. The van der Waals surface area contributed by atoms with Crippen molar-refractivity contribution in [1.82, 2.24) is 4.31 Å². The van der Waals surface area contributed by atoms with Crippen molar-refractivity contribution in [3.05, 3.63) is 0 Å². The van der Waals surface area contributed by atoms with E-state index >= 15 is 0 Å². The Hall–Kier alpha value is -0.660. The molecule has 0 unspecified atom stereocenters.